The Balaban J connectivity index is 2.44. The van der Waals surface area contributed by atoms with Crippen LogP contribution in [-0.2, 0) is 12.0 Å². The van der Waals surface area contributed by atoms with Crippen molar-refractivity contribution in [1.29, 1.82) is 0 Å². The van der Waals surface area contributed by atoms with Crippen LogP contribution in [0.15, 0.2) is 12.3 Å². The van der Waals surface area contributed by atoms with Crippen molar-refractivity contribution in [3.05, 3.63) is 28.5 Å². The Labute approximate surface area is 130 Å². The van der Waals surface area contributed by atoms with Gasteiger partial charge in [-0.15, -0.1) is 5.10 Å². The normalized spacial score (nSPS) is 13.6. The summed E-state index contributed by atoms with van der Waals surface area (Å²) >= 11 is 1.48. The zero-order valence-corrected chi connectivity index (χ0v) is 14.4. The summed E-state index contributed by atoms with van der Waals surface area (Å²) in [6.45, 7) is 12.7. The van der Waals surface area contributed by atoms with Gasteiger partial charge in [0.05, 0.1) is 22.3 Å². The molecule has 2 heterocycles. The van der Waals surface area contributed by atoms with Crippen LogP contribution < -0.4 is 5.32 Å². The van der Waals surface area contributed by atoms with Crippen molar-refractivity contribution in [3.63, 3.8) is 0 Å². The Morgan fingerprint density at radius 3 is 2.71 bits per heavy atom. The van der Waals surface area contributed by atoms with Crippen LogP contribution in [0.4, 0.5) is 0 Å². The molecule has 5 nitrogen and oxygen atoms in total. The Hall–Kier alpha value is -1.27. The highest BCUT2D eigenvalue weighted by Crippen LogP contribution is 2.33. The third-order valence-electron chi connectivity index (χ3n) is 3.37. The topological polar surface area (TPSA) is 55.6 Å². The van der Waals surface area contributed by atoms with E-state index in [9.17, 15) is 0 Å². The van der Waals surface area contributed by atoms with Gasteiger partial charge in [-0.1, -0.05) is 39.1 Å². The summed E-state index contributed by atoms with van der Waals surface area (Å²) in [6, 6.07) is 2.20. The molecular formula is C15H25N5S. The van der Waals surface area contributed by atoms with Gasteiger partial charge in [-0.3, -0.25) is 4.68 Å². The molecule has 0 saturated carbocycles. The van der Waals surface area contributed by atoms with Crippen LogP contribution in [0.5, 0.6) is 0 Å². The molecule has 0 aliphatic rings. The minimum absolute atomic E-state index is 0.00832. The largest absolute Gasteiger partial charge is 0.304 e. The summed E-state index contributed by atoms with van der Waals surface area (Å²) in [5.74, 6) is 0. The molecular weight excluding hydrogens is 282 g/mol. The van der Waals surface area contributed by atoms with Crippen LogP contribution >= 0.6 is 11.5 Å². The van der Waals surface area contributed by atoms with E-state index in [-0.39, 0.29) is 11.5 Å². The monoisotopic (exact) mass is 307 g/mol. The van der Waals surface area contributed by atoms with E-state index in [0.717, 1.165) is 25.2 Å². The molecule has 1 unspecified atom stereocenters. The lowest BCUT2D eigenvalue weighted by Gasteiger charge is -2.23. The lowest BCUT2D eigenvalue weighted by Crippen LogP contribution is -2.27. The van der Waals surface area contributed by atoms with Gasteiger partial charge in [-0.2, -0.15) is 5.10 Å². The van der Waals surface area contributed by atoms with Crippen molar-refractivity contribution in [2.45, 2.75) is 59.0 Å². The predicted octanol–water partition coefficient (Wildman–Crippen LogP) is 3.14. The van der Waals surface area contributed by atoms with Gasteiger partial charge in [-0.05, 0) is 30.6 Å². The predicted molar refractivity (Wildman–Crippen MR) is 86.6 cm³/mol. The van der Waals surface area contributed by atoms with Gasteiger partial charge < -0.3 is 5.32 Å². The molecule has 0 spiro atoms. The lowest BCUT2D eigenvalue weighted by atomic mass is 9.89. The molecule has 2 aromatic rings. The van der Waals surface area contributed by atoms with Crippen LogP contribution in [0.25, 0.3) is 0 Å². The van der Waals surface area contributed by atoms with Gasteiger partial charge in [0.15, 0.2) is 0 Å². The highest BCUT2D eigenvalue weighted by Gasteiger charge is 2.29. The minimum Gasteiger partial charge on any atom is -0.304 e. The van der Waals surface area contributed by atoms with E-state index in [1.165, 1.54) is 22.1 Å². The number of aromatic nitrogens is 4. The van der Waals surface area contributed by atoms with E-state index >= 15 is 0 Å². The second kappa shape index (κ2) is 6.66. The molecule has 0 radical (unpaired) electrons. The van der Waals surface area contributed by atoms with E-state index in [1.54, 1.807) is 0 Å². The third kappa shape index (κ3) is 3.49. The van der Waals surface area contributed by atoms with Crippen LogP contribution in [0.2, 0.25) is 0 Å². The van der Waals surface area contributed by atoms with Crippen LogP contribution in [-0.4, -0.2) is 25.9 Å². The number of nitrogens with zero attached hydrogens (tertiary/aromatic N) is 4. The van der Waals surface area contributed by atoms with Gasteiger partial charge in [-0.25, -0.2) is 0 Å². The zero-order valence-electron chi connectivity index (χ0n) is 13.6. The maximum atomic E-state index is 4.45. The van der Waals surface area contributed by atoms with E-state index in [2.05, 4.69) is 65.4 Å². The van der Waals surface area contributed by atoms with Crippen molar-refractivity contribution in [3.8, 4) is 0 Å². The molecule has 1 atom stereocenters. The van der Waals surface area contributed by atoms with Gasteiger partial charge >= 0.3 is 0 Å². The summed E-state index contributed by atoms with van der Waals surface area (Å²) in [6.07, 6.45) is 2.95. The van der Waals surface area contributed by atoms with Crippen molar-refractivity contribution in [2.24, 2.45) is 0 Å². The fourth-order valence-corrected chi connectivity index (χ4v) is 3.38. The number of aryl methyl sites for hydroxylation is 1. The van der Waals surface area contributed by atoms with Crippen molar-refractivity contribution in [2.75, 3.05) is 6.54 Å². The van der Waals surface area contributed by atoms with Crippen molar-refractivity contribution in [1.82, 2.24) is 24.7 Å². The molecule has 0 saturated heterocycles. The Kier molecular flexibility index (Phi) is 5.11. The first-order valence-electron chi connectivity index (χ1n) is 7.56. The van der Waals surface area contributed by atoms with Gasteiger partial charge in [0.25, 0.3) is 0 Å². The SMILES string of the molecule is CCCn1nccc1C(NCC)c1snnc1C(C)(C)C. The molecule has 0 aliphatic heterocycles. The first kappa shape index (κ1) is 16.1. The van der Waals surface area contributed by atoms with Gasteiger partial charge in [0.2, 0.25) is 0 Å². The van der Waals surface area contributed by atoms with Crippen LogP contribution in [0.1, 0.15) is 63.3 Å². The van der Waals surface area contributed by atoms with Crippen molar-refractivity contribution < 1.29 is 0 Å². The van der Waals surface area contributed by atoms with Crippen LogP contribution in [0.3, 0.4) is 0 Å². The highest BCUT2D eigenvalue weighted by atomic mass is 32.1. The second-order valence-electron chi connectivity index (χ2n) is 6.21. The summed E-state index contributed by atoms with van der Waals surface area (Å²) in [5.41, 5.74) is 2.25. The summed E-state index contributed by atoms with van der Waals surface area (Å²) < 4.78 is 6.28. The standard InChI is InChI=1S/C15H25N5S/c1-6-10-20-11(8-9-17-20)12(16-7-2)13-14(15(3,4)5)18-19-21-13/h8-9,12,16H,6-7,10H2,1-5H3. The Morgan fingerprint density at radius 2 is 2.10 bits per heavy atom. The molecule has 0 fully saturated rings. The fourth-order valence-electron chi connectivity index (χ4n) is 2.43. The molecule has 0 aliphatic carbocycles. The number of hydrogen-bond donors (Lipinski definition) is 1. The fraction of sp³-hybridized carbons (Fsp3) is 0.667. The Bertz CT molecular complexity index is 567. The summed E-state index contributed by atoms with van der Waals surface area (Å²) in [4.78, 5) is 1.20. The summed E-state index contributed by atoms with van der Waals surface area (Å²) in [7, 11) is 0. The maximum absolute atomic E-state index is 4.45. The number of hydrogen-bond acceptors (Lipinski definition) is 5. The summed E-state index contributed by atoms with van der Waals surface area (Å²) in [5, 5.41) is 12.4. The minimum atomic E-state index is -0.00832. The quantitative estimate of drug-likeness (QED) is 0.891. The molecule has 2 aromatic heterocycles. The number of rotatable bonds is 6. The molecule has 0 bridgehead atoms. The maximum Gasteiger partial charge on any atom is 0.0877 e. The first-order chi connectivity index (χ1) is 9.99. The van der Waals surface area contributed by atoms with Crippen LogP contribution in [0, 0.1) is 0 Å². The first-order valence-corrected chi connectivity index (χ1v) is 8.34. The van der Waals surface area contributed by atoms with E-state index in [0.29, 0.717) is 0 Å². The molecule has 0 aromatic carbocycles. The van der Waals surface area contributed by atoms with E-state index in [1.807, 2.05) is 6.20 Å². The second-order valence-corrected chi connectivity index (χ2v) is 6.99. The molecule has 21 heavy (non-hydrogen) atoms. The Morgan fingerprint density at radius 1 is 1.33 bits per heavy atom. The third-order valence-corrected chi connectivity index (χ3v) is 4.16. The molecule has 1 N–H and O–H groups in total. The molecule has 0 amide bonds. The average molecular weight is 307 g/mol. The average Bonchev–Trinajstić information content (AvgIpc) is 3.04. The van der Waals surface area contributed by atoms with Crippen molar-refractivity contribution >= 4 is 11.5 Å². The molecule has 2 rings (SSSR count). The van der Waals surface area contributed by atoms with Gasteiger partial charge in [0.1, 0.15) is 0 Å². The molecule has 6 heteroatoms. The van der Waals surface area contributed by atoms with E-state index in [4.69, 9.17) is 0 Å². The molecule has 116 valence electrons. The highest BCUT2D eigenvalue weighted by molar-refractivity contribution is 7.05. The zero-order chi connectivity index (χ0) is 15.5. The van der Waals surface area contributed by atoms with E-state index < -0.39 is 0 Å². The lowest BCUT2D eigenvalue weighted by molar-refractivity contribution is 0.506. The smallest absolute Gasteiger partial charge is 0.0877 e. The van der Waals surface area contributed by atoms with Gasteiger partial charge in [0, 0.05) is 18.2 Å². The number of nitrogens with one attached hydrogen (secondary N) is 1.